The maximum absolute atomic E-state index is 6.13. The third-order valence-corrected chi connectivity index (χ3v) is 3.61. The van der Waals surface area contributed by atoms with E-state index in [0.29, 0.717) is 16.9 Å². The molecule has 0 aliphatic heterocycles. The highest BCUT2D eigenvalue weighted by Crippen LogP contribution is 2.30. The second kappa shape index (κ2) is 6.44. The molecule has 0 saturated carbocycles. The van der Waals surface area contributed by atoms with Gasteiger partial charge in [-0.1, -0.05) is 44.5 Å². The summed E-state index contributed by atoms with van der Waals surface area (Å²) in [7, 11) is 0. The molecule has 1 atom stereocenters. The lowest BCUT2D eigenvalue weighted by Crippen LogP contribution is -2.21. The molecule has 104 valence electrons. The van der Waals surface area contributed by atoms with Crippen LogP contribution in [0.2, 0.25) is 5.02 Å². The minimum Gasteiger partial charge on any atom is -0.459 e. The van der Waals surface area contributed by atoms with Crippen LogP contribution >= 0.6 is 11.6 Å². The van der Waals surface area contributed by atoms with Crippen LogP contribution in [0.5, 0.6) is 0 Å². The Morgan fingerprint density at radius 3 is 2.74 bits per heavy atom. The normalized spacial score (nSPS) is 13.3. The molecule has 1 N–H and O–H groups in total. The van der Waals surface area contributed by atoms with E-state index in [-0.39, 0.29) is 0 Å². The van der Waals surface area contributed by atoms with Gasteiger partial charge in [0.1, 0.15) is 5.76 Å². The first kappa shape index (κ1) is 14.4. The SMILES string of the molecule is CC(C)CNCCC(C)c1cc2cccc(Cl)c2o1. The fraction of sp³-hybridized carbons (Fsp3) is 0.500. The Morgan fingerprint density at radius 2 is 2.05 bits per heavy atom. The number of halogens is 1. The highest BCUT2D eigenvalue weighted by atomic mass is 35.5. The van der Waals surface area contributed by atoms with E-state index in [1.165, 1.54) is 0 Å². The minimum atomic E-state index is 0.406. The quantitative estimate of drug-likeness (QED) is 0.767. The fourth-order valence-electron chi connectivity index (χ4n) is 2.14. The predicted molar refractivity (Wildman–Crippen MR) is 82.0 cm³/mol. The van der Waals surface area contributed by atoms with Crippen molar-refractivity contribution in [2.24, 2.45) is 5.92 Å². The van der Waals surface area contributed by atoms with Crippen LogP contribution in [0.1, 0.15) is 38.9 Å². The molecule has 3 heteroatoms. The second-order valence-electron chi connectivity index (χ2n) is 5.59. The lowest BCUT2D eigenvalue weighted by molar-refractivity contribution is 0.467. The van der Waals surface area contributed by atoms with Gasteiger partial charge in [-0.25, -0.2) is 0 Å². The monoisotopic (exact) mass is 279 g/mol. The summed E-state index contributed by atoms with van der Waals surface area (Å²) in [6, 6.07) is 7.97. The summed E-state index contributed by atoms with van der Waals surface area (Å²) in [6.45, 7) is 8.72. The molecule has 0 spiro atoms. The van der Waals surface area contributed by atoms with Gasteiger partial charge in [-0.05, 0) is 37.6 Å². The number of rotatable bonds is 6. The molecule has 0 radical (unpaired) electrons. The van der Waals surface area contributed by atoms with E-state index in [1.807, 2.05) is 18.2 Å². The Labute approximate surface area is 120 Å². The van der Waals surface area contributed by atoms with E-state index in [0.717, 1.165) is 36.2 Å². The van der Waals surface area contributed by atoms with Crippen molar-refractivity contribution in [1.82, 2.24) is 5.32 Å². The first-order valence-corrected chi connectivity index (χ1v) is 7.34. The van der Waals surface area contributed by atoms with E-state index in [2.05, 4.69) is 32.2 Å². The van der Waals surface area contributed by atoms with E-state index in [1.54, 1.807) is 0 Å². The third-order valence-electron chi connectivity index (χ3n) is 3.31. The number of furan rings is 1. The molecule has 1 aromatic carbocycles. The molecular weight excluding hydrogens is 258 g/mol. The van der Waals surface area contributed by atoms with Crippen LogP contribution in [0.25, 0.3) is 11.0 Å². The summed E-state index contributed by atoms with van der Waals surface area (Å²) in [5.74, 6) is 2.12. The Balaban J connectivity index is 1.97. The van der Waals surface area contributed by atoms with Crippen molar-refractivity contribution >= 4 is 22.6 Å². The largest absolute Gasteiger partial charge is 0.459 e. The molecule has 2 rings (SSSR count). The summed E-state index contributed by atoms with van der Waals surface area (Å²) < 4.78 is 5.88. The Hall–Kier alpha value is -0.990. The third kappa shape index (κ3) is 3.74. The molecule has 2 nitrogen and oxygen atoms in total. The zero-order valence-corrected chi connectivity index (χ0v) is 12.6. The van der Waals surface area contributed by atoms with Crippen molar-refractivity contribution in [1.29, 1.82) is 0 Å². The van der Waals surface area contributed by atoms with Crippen molar-refractivity contribution in [3.63, 3.8) is 0 Å². The molecule has 0 saturated heterocycles. The van der Waals surface area contributed by atoms with Crippen LogP contribution in [0.3, 0.4) is 0 Å². The molecule has 2 aromatic rings. The number of fused-ring (bicyclic) bond motifs is 1. The fourth-order valence-corrected chi connectivity index (χ4v) is 2.36. The summed E-state index contributed by atoms with van der Waals surface area (Å²) in [5, 5.41) is 5.24. The van der Waals surface area contributed by atoms with E-state index in [4.69, 9.17) is 16.0 Å². The zero-order chi connectivity index (χ0) is 13.8. The standard InChI is InChI=1S/C16H22ClNO/c1-11(2)10-18-8-7-12(3)15-9-13-5-4-6-14(17)16(13)19-15/h4-6,9,11-12,18H,7-8,10H2,1-3H3. The summed E-state index contributed by atoms with van der Waals surface area (Å²) in [5.41, 5.74) is 0.807. The molecule has 1 aromatic heterocycles. The minimum absolute atomic E-state index is 0.406. The van der Waals surface area contributed by atoms with Gasteiger partial charge in [0.15, 0.2) is 5.58 Å². The van der Waals surface area contributed by atoms with Crippen LogP contribution in [0, 0.1) is 5.92 Å². The van der Waals surface area contributed by atoms with Gasteiger partial charge in [-0.3, -0.25) is 0 Å². The highest BCUT2D eigenvalue weighted by Gasteiger charge is 2.12. The maximum atomic E-state index is 6.13. The number of benzene rings is 1. The van der Waals surface area contributed by atoms with Crippen molar-refractivity contribution in [2.45, 2.75) is 33.1 Å². The van der Waals surface area contributed by atoms with Crippen LogP contribution in [-0.4, -0.2) is 13.1 Å². The predicted octanol–water partition coefficient (Wildman–Crippen LogP) is 4.83. The number of hydrogen-bond donors (Lipinski definition) is 1. The topological polar surface area (TPSA) is 25.2 Å². The molecule has 1 heterocycles. The Kier molecular flexibility index (Phi) is 4.89. The first-order valence-electron chi connectivity index (χ1n) is 6.96. The van der Waals surface area contributed by atoms with Gasteiger partial charge in [0.25, 0.3) is 0 Å². The van der Waals surface area contributed by atoms with Crippen LogP contribution < -0.4 is 5.32 Å². The zero-order valence-electron chi connectivity index (χ0n) is 11.9. The first-order chi connectivity index (χ1) is 9.08. The van der Waals surface area contributed by atoms with Gasteiger partial charge < -0.3 is 9.73 Å². The van der Waals surface area contributed by atoms with Crippen molar-refractivity contribution in [3.8, 4) is 0 Å². The lowest BCUT2D eigenvalue weighted by Gasteiger charge is -2.10. The van der Waals surface area contributed by atoms with E-state index < -0.39 is 0 Å². The molecule has 0 amide bonds. The average molecular weight is 280 g/mol. The molecule has 0 aliphatic rings. The van der Waals surface area contributed by atoms with Gasteiger partial charge >= 0.3 is 0 Å². The Bertz CT molecular complexity index is 533. The molecule has 0 fully saturated rings. The highest BCUT2D eigenvalue weighted by molar-refractivity contribution is 6.34. The summed E-state index contributed by atoms with van der Waals surface area (Å²) in [4.78, 5) is 0. The van der Waals surface area contributed by atoms with E-state index >= 15 is 0 Å². The van der Waals surface area contributed by atoms with Crippen molar-refractivity contribution in [2.75, 3.05) is 13.1 Å². The molecule has 0 bridgehead atoms. The van der Waals surface area contributed by atoms with E-state index in [9.17, 15) is 0 Å². The number of para-hydroxylation sites is 1. The molecule has 1 unspecified atom stereocenters. The smallest absolute Gasteiger partial charge is 0.152 e. The lowest BCUT2D eigenvalue weighted by atomic mass is 10.0. The van der Waals surface area contributed by atoms with Crippen molar-refractivity contribution in [3.05, 3.63) is 35.0 Å². The van der Waals surface area contributed by atoms with Gasteiger partial charge in [0, 0.05) is 11.3 Å². The number of hydrogen-bond acceptors (Lipinski definition) is 2. The molecule has 19 heavy (non-hydrogen) atoms. The Morgan fingerprint density at radius 1 is 1.26 bits per heavy atom. The van der Waals surface area contributed by atoms with Crippen molar-refractivity contribution < 1.29 is 4.42 Å². The summed E-state index contributed by atoms with van der Waals surface area (Å²) in [6.07, 6.45) is 1.07. The van der Waals surface area contributed by atoms with Gasteiger partial charge in [-0.15, -0.1) is 0 Å². The van der Waals surface area contributed by atoms with Crippen LogP contribution in [0.4, 0.5) is 0 Å². The molecule has 0 aliphatic carbocycles. The maximum Gasteiger partial charge on any atom is 0.152 e. The van der Waals surface area contributed by atoms with Gasteiger partial charge in [-0.2, -0.15) is 0 Å². The van der Waals surface area contributed by atoms with Gasteiger partial charge in [0.2, 0.25) is 0 Å². The van der Waals surface area contributed by atoms with Crippen LogP contribution in [0.15, 0.2) is 28.7 Å². The second-order valence-corrected chi connectivity index (χ2v) is 6.00. The molecular formula is C16H22ClNO. The van der Waals surface area contributed by atoms with Gasteiger partial charge in [0.05, 0.1) is 5.02 Å². The summed E-state index contributed by atoms with van der Waals surface area (Å²) >= 11 is 6.13. The van der Waals surface area contributed by atoms with Crippen LogP contribution in [-0.2, 0) is 0 Å². The average Bonchev–Trinajstić information content (AvgIpc) is 2.79. The number of nitrogens with one attached hydrogen (secondary N) is 1.